The maximum Gasteiger partial charge on any atom is 0.325 e. The number of carboxylic acids is 1. The van der Waals surface area contributed by atoms with Gasteiger partial charge in [0.15, 0.2) is 0 Å². The lowest BCUT2D eigenvalue weighted by Gasteiger charge is -2.30. The average molecular weight is 431 g/mol. The molecule has 5 unspecified atom stereocenters. The summed E-state index contributed by atoms with van der Waals surface area (Å²) in [7, 11) is 0. The third-order valence-corrected chi connectivity index (χ3v) is 5.96. The SMILES string of the molecule is CCC(C)C(NC(=O)C1CCCN1C(=O)C(N)CCSC)C(=O)NC(C)C(=O)O. The average Bonchev–Trinajstić information content (AvgIpc) is 3.18. The second-order valence-corrected chi connectivity index (χ2v) is 8.50. The van der Waals surface area contributed by atoms with Crippen molar-refractivity contribution >= 4 is 35.5 Å². The highest BCUT2D eigenvalue weighted by molar-refractivity contribution is 7.98. The largest absolute Gasteiger partial charge is 0.480 e. The van der Waals surface area contributed by atoms with Crippen molar-refractivity contribution in [1.82, 2.24) is 15.5 Å². The summed E-state index contributed by atoms with van der Waals surface area (Å²) in [6.07, 6.45) is 4.29. The normalized spacial score (nSPS) is 20.4. The van der Waals surface area contributed by atoms with Gasteiger partial charge in [0.2, 0.25) is 17.7 Å². The molecular weight excluding hydrogens is 396 g/mol. The minimum absolute atomic E-state index is 0.200. The number of carboxylic acid groups (broad SMARTS) is 1. The maximum atomic E-state index is 12.9. The van der Waals surface area contributed by atoms with Gasteiger partial charge in [-0.05, 0) is 44.1 Å². The molecule has 5 N–H and O–H groups in total. The van der Waals surface area contributed by atoms with Crippen LogP contribution < -0.4 is 16.4 Å². The van der Waals surface area contributed by atoms with Crippen molar-refractivity contribution in [3.05, 3.63) is 0 Å². The Morgan fingerprint density at radius 1 is 1.24 bits per heavy atom. The predicted molar refractivity (Wildman–Crippen MR) is 112 cm³/mol. The molecule has 166 valence electrons. The van der Waals surface area contributed by atoms with Crippen molar-refractivity contribution in [2.75, 3.05) is 18.6 Å². The number of nitrogens with zero attached hydrogens (tertiary/aromatic N) is 1. The van der Waals surface area contributed by atoms with Gasteiger partial charge >= 0.3 is 5.97 Å². The number of thioether (sulfide) groups is 1. The van der Waals surface area contributed by atoms with Crippen molar-refractivity contribution in [2.24, 2.45) is 11.7 Å². The number of carbonyl (C=O) groups excluding carboxylic acids is 3. The van der Waals surface area contributed by atoms with Gasteiger partial charge < -0.3 is 26.4 Å². The van der Waals surface area contributed by atoms with Crippen LogP contribution in [0.5, 0.6) is 0 Å². The number of hydrogen-bond acceptors (Lipinski definition) is 6. The van der Waals surface area contributed by atoms with E-state index in [9.17, 15) is 19.2 Å². The van der Waals surface area contributed by atoms with E-state index in [-0.39, 0.29) is 11.8 Å². The molecule has 0 saturated carbocycles. The Hall–Kier alpha value is -1.81. The Kier molecular flexibility index (Phi) is 10.5. The highest BCUT2D eigenvalue weighted by Crippen LogP contribution is 2.20. The Morgan fingerprint density at radius 3 is 2.45 bits per heavy atom. The van der Waals surface area contributed by atoms with E-state index in [2.05, 4.69) is 10.6 Å². The first-order valence-electron chi connectivity index (χ1n) is 10.0. The Labute approximate surface area is 176 Å². The minimum atomic E-state index is -1.15. The second-order valence-electron chi connectivity index (χ2n) is 7.52. The number of rotatable bonds is 11. The molecule has 1 aliphatic rings. The van der Waals surface area contributed by atoms with Gasteiger partial charge in [0.25, 0.3) is 0 Å². The van der Waals surface area contributed by atoms with Gasteiger partial charge in [0, 0.05) is 6.54 Å². The monoisotopic (exact) mass is 430 g/mol. The summed E-state index contributed by atoms with van der Waals surface area (Å²) in [5, 5.41) is 14.2. The van der Waals surface area contributed by atoms with Crippen molar-refractivity contribution in [1.29, 1.82) is 0 Å². The molecule has 10 heteroatoms. The second kappa shape index (κ2) is 12.0. The van der Waals surface area contributed by atoms with Crippen LogP contribution in [0.2, 0.25) is 0 Å². The number of amides is 3. The highest BCUT2D eigenvalue weighted by atomic mass is 32.2. The number of carbonyl (C=O) groups is 4. The molecule has 9 nitrogen and oxygen atoms in total. The Balaban J connectivity index is 2.85. The quantitative estimate of drug-likeness (QED) is 0.366. The molecule has 0 aromatic carbocycles. The molecule has 0 spiro atoms. The highest BCUT2D eigenvalue weighted by Gasteiger charge is 2.38. The zero-order valence-electron chi connectivity index (χ0n) is 17.6. The minimum Gasteiger partial charge on any atom is -0.480 e. The lowest BCUT2D eigenvalue weighted by atomic mass is 9.97. The summed E-state index contributed by atoms with van der Waals surface area (Å²) in [6.45, 7) is 5.52. The van der Waals surface area contributed by atoms with E-state index >= 15 is 0 Å². The fourth-order valence-corrected chi connectivity index (χ4v) is 3.69. The fourth-order valence-electron chi connectivity index (χ4n) is 3.20. The zero-order chi connectivity index (χ0) is 22.1. The van der Waals surface area contributed by atoms with E-state index in [1.54, 1.807) is 11.8 Å². The standard InChI is InChI=1S/C19H34N4O5S/c1-5-11(2)15(17(25)21-12(3)19(27)28)22-16(24)14-7-6-9-23(14)18(26)13(20)8-10-29-4/h11-15H,5-10,20H2,1-4H3,(H,21,25)(H,22,24)(H,27,28). The Bertz CT molecular complexity index is 603. The third-order valence-electron chi connectivity index (χ3n) is 5.31. The molecule has 3 amide bonds. The van der Waals surface area contributed by atoms with E-state index in [1.165, 1.54) is 11.8 Å². The van der Waals surface area contributed by atoms with Crippen molar-refractivity contribution < 1.29 is 24.3 Å². The van der Waals surface area contributed by atoms with Gasteiger partial charge in [-0.3, -0.25) is 19.2 Å². The molecule has 1 fully saturated rings. The van der Waals surface area contributed by atoms with E-state index in [0.29, 0.717) is 32.2 Å². The molecule has 0 aliphatic carbocycles. The number of hydrogen-bond donors (Lipinski definition) is 4. The molecule has 0 aromatic rings. The summed E-state index contributed by atoms with van der Waals surface area (Å²) < 4.78 is 0. The van der Waals surface area contributed by atoms with Gasteiger partial charge in [0.1, 0.15) is 18.1 Å². The molecule has 1 aliphatic heterocycles. The predicted octanol–water partition coefficient (Wildman–Crippen LogP) is 0.178. The molecule has 0 radical (unpaired) electrons. The van der Waals surface area contributed by atoms with E-state index in [1.807, 2.05) is 20.1 Å². The summed E-state index contributed by atoms with van der Waals surface area (Å²) in [6, 6.07) is -3.26. The van der Waals surface area contributed by atoms with Crippen molar-refractivity contribution in [3.63, 3.8) is 0 Å². The van der Waals surface area contributed by atoms with Gasteiger partial charge in [0.05, 0.1) is 6.04 Å². The fraction of sp³-hybridized carbons (Fsp3) is 0.789. The van der Waals surface area contributed by atoms with Crippen LogP contribution in [-0.2, 0) is 19.2 Å². The molecule has 0 aromatic heterocycles. The van der Waals surface area contributed by atoms with E-state index < -0.39 is 42.0 Å². The van der Waals surface area contributed by atoms with Gasteiger partial charge in [-0.25, -0.2) is 0 Å². The smallest absolute Gasteiger partial charge is 0.325 e. The van der Waals surface area contributed by atoms with E-state index in [0.717, 1.165) is 5.75 Å². The van der Waals surface area contributed by atoms with Gasteiger partial charge in [-0.15, -0.1) is 0 Å². The zero-order valence-corrected chi connectivity index (χ0v) is 18.5. The molecule has 5 atom stereocenters. The van der Waals surface area contributed by atoms with E-state index in [4.69, 9.17) is 10.8 Å². The summed E-state index contributed by atoms with van der Waals surface area (Å²) in [4.78, 5) is 50.7. The molecule has 0 bridgehead atoms. The van der Waals surface area contributed by atoms with Crippen LogP contribution in [0, 0.1) is 5.92 Å². The van der Waals surface area contributed by atoms with Gasteiger partial charge in [-0.2, -0.15) is 11.8 Å². The lowest BCUT2D eigenvalue weighted by molar-refractivity contribution is -0.143. The molecule has 1 heterocycles. The summed E-state index contributed by atoms with van der Waals surface area (Å²) in [5.41, 5.74) is 5.99. The molecule has 1 saturated heterocycles. The first-order chi connectivity index (χ1) is 13.6. The Morgan fingerprint density at radius 2 is 1.90 bits per heavy atom. The molecular formula is C19H34N4O5S. The molecule has 1 rings (SSSR count). The maximum absolute atomic E-state index is 12.9. The van der Waals surface area contributed by atoms with Crippen LogP contribution in [0.4, 0.5) is 0 Å². The lowest BCUT2D eigenvalue weighted by Crippen LogP contribution is -2.58. The number of aliphatic carboxylic acids is 1. The van der Waals surface area contributed by atoms with Crippen LogP contribution >= 0.6 is 11.8 Å². The van der Waals surface area contributed by atoms with Crippen LogP contribution in [0.1, 0.15) is 46.5 Å². The van der Waals surface area contributed by atoms with Crippen LogP contribution in [0.25, 0.3) is 0 Å². The third kappa shape index (κ3) is 7.18. The summed E-state index contributed by atoms with van der Waals surface area (Å²) in [5.74, 6) is -1.80. The topological polar surface area (TPSA) is 142 Å². The first-order valence-corrected chi connectivity index (χ1v) is 11.4. The van der Waals surface area contributed by atoms with Crippen LogP contribution in [-0.4, -0.2) is 76.4 Å². The van der Waals surface area contributed by atoms with Crippen LogP contribution in [0.3, 0.4) is 0 Å². The van der Waals surface area contributed by atoms with Crippen molar-refractivity contribution in [3.8, 4) is 0 Å². The van der Waals surface area contributed by atoms with Gasteiger partial charge in [-0.1, -0.05) is 20.3 Å². The number of nitrogens with one attached hydrogen (secondary N) is 2. The summed E-state index contributed by atoms with van der Waals surface area (Å²) >= 11 is 1.60. The number of nitrogens with two attached hydrogens (primary N) is 1. The van der Waals surface area contributed by atoms with Crippen LogP contribution in [0.15, 0.2) is 0 Å². The van der Waals surface area contributed by atoms with Crippen molar-refractivity contribution in [2.45, 2.75) is 70.6 Å². The number of likely N-dealkylation sites (tertiary alicyclic amines) is 1. The first kappa shape index (κ1) is 25.2. The molecule has 29 heavy (non-hydrogen) atoms.